The molecule has 1 unspecified atom stereocenters. The van der Waals surface area contributed by atoms with E-state index in [4.69, 9.17) is 0 Å². The molecule has 7 heteroatoms. The second kappa shape index (κ2) is 8.31. The molecule has 6 nitrogen and oxygen atoms in total. The summed E-state index contributed by atoms with van der Waals surface area (Å²) in [6.45, 7) is 11.5. The number of tetrazole rings is 1. The van der Waals surface area contributed by atoms with Crippen molar-refractivity contribution >= 4 is 0 Å². The fourth-order valence-electron chi connectivity index (χ4n) is 3.37. The van der Waals surface area contributed by atoms with Crippen LogP contribution in [0.2, 0.25) is 0 Å². The number of nitrogens with zero attached hydrogens (tertiary/aromatic N) is 6. The average Bonchev–Trinajstić information content (AvgIpc) is 3.07. The fourth-order valence-corrected chi connectivity index (χ4v) is 3.37. The largest absolute Gasteiger partial charge is 0.297 e. The Labute approximate surface area is 147 Å². The Morgan fingerprint density at radius 3 is 2.56 bits per heavy atom. The Kier molecular flexibility index (Phi) is 5.88. The van der Waals surface area contributed by atoms with Gasteiger partial charge in [-0.25, -0.2) is 9.07 Å². The first-order valence-corrected chi connectivity index (χ1v) is 8.79. The number of piperazine rings is 1. The van der Waals surface area contributed by atoms with Crippen molar-refractivity contribution in [2.45, 2.75) is 25.9 Å². The Morgan fingerprint density at radius 1 is 1.20 bits per heavy atom. The van der Waals surface area contributed by atoms with Gasteiger partial charge in [0.25, 0.3) is 0 Å². The molecule has 0 spiro atoms. The summed E-state index contributed by atoms with van der Waals surface area (Å²) in [7, 11) is 0. The van der Waals surface area contributed by atoms with E-state index in [2.05, 4.69) is 38.8 Å². The molecule has 1 aromatic carbocycles. The van der Waals surface area contributed by atoms with Gasteiger partial charge in [-0.1, -0.05) is 25.1 Å². The molecular formula is C18H25FN6. The molecule has 3 rings (SSSR count). The number of benzene rings is 1. The molecule has 134 valence electrons. The molecule has 1 fully saturated rings. The number of hydrogen-bond acceptors (Lipinski definition) is 5. The van der Waals surface area contributed by atoms with E-state index in [9.17, 15) is 4.39 Å². The average molecular weight is 344 g/mol. The molecule has 0 N–H and O–H groups in total. The number of aromatic nitrogens is 4. The van der Waals surface area contributed by atoms with E-state index < -0.39 is 0 Å². The van der Waals surface area contributed by atoms with E-state index in [0.717, 1.165) is 50.5 Å². The van der Waals surface area contributed by atoms with Crippen molar-refractivity contribution in [3.63, 3.8) is 0 Å². The first-order chi connectivity index (χ1) is 12.2. The molecule has 2 heterocycles. The second-order valence-electron chi connectivity index (χ2n) is 6.37. The molecule has 1 aliphatic rings. The minimum atomic E-state index is -0.232. The Bertz CT molecular complexity index is 675. The third kappa shape index (κ3) is 4.29. The summed E-state index contributed by atoms with van der Waals surface area (Å²) in [5, 5.41) is 12.3. The summed E-state index contributed by atoms with van der Waals surface area (Å²) in [5.74, 6) is 0.647. The molecule has 0 radical (unpaired) electrons. The summed E-state index contributed by atoms with van der Waals surface area (Å²) in [6.07, 6.45) is 2.90. The van der Waals surface area contributed by atoms with Gasteiger partial charge < -0.3 is 0 Å². The summed E-state index contributed by atoms with van der Waals surface area (Å²) in [4.78, 5) is 4.85. The fraction of sp³-hybridized carbons (Fsp3) is 0.500. The SMILES string of the molecule is C=CCN1CCN(C(CC)c2nnnn2Cc2ccc(F)cc2)CC1. The third-order valence-corrected chi connectivity index (χ3v) is 4.72. The van der Waals surface area contributed by atoms with Crippen molar-refractivity contribution < 1.29 is 4.39 Å². The molecule has 1 saturated heterocycles. The Hall–Kier alpha value is -2.12. The van der Waals surface area contributed by atoms with Crippen LogP contribution < -0.4 is 0 Å². The lowest BCUT2D eigenvalue weighted by atomic mass is 10.1. The van der Waals surface area contributed by atoms with E-state index in [0.29, 0.717) is 6.54 Å². The quantitative estimate of drug-likeness (QED) is 0.720. The summed E-state index contributed by atoms with van der Waals surface area (Å²) < 4.78 is 14.9. The predicted molar refractivity (Wildman–Crippen MR) is 94.6 cm³/mol. The predicted octanol–water partition coefficient (Wildman–Crippen LogP) is 2.12. The Balaban J connectivity index is 1.71. The van der Waals surface area contributed by atoms with Crippen LogP contribution in [-0.2, 0) is 6.54 Å². The van der Waals surface area contributed by atoms with E-state index in [1.165, 1.54) is 12.1 Å². The van der Waals surface area contributed by atoms with Gasteiger partial charge in [0.1, 0.15) is 5.82 Å². The van der Waals surface area contributed by atoms with Crippen molar-refractivity contribution in [3.8, 4) is 0 Å². The zero-order valence-corrected chi connectivity index (χ0v) is 14.7. The van der Waals surface area contributed by atoms with Crippen molar-refractivity contribution in [2.75, 3.05) is 32.7 Å². The molecule has 0 amide bonds. The molecule has 1 aromatic heterocycles. The topological polar surface area (TPSA) is 50.1 Å². The highest BCUT2D eigenvalue weighted by molar-refractivity contribution is 5.16. The number of hydrogen-bond donors (Lipinski definition) is 0. The number of halogens is 1. The van der Waals surface area contributed by atoms with E-state index in [-0.39, 0.29) is 11.9 Å². The number of rotatable bonds is 7. The lowest BCUT2D eigenvalue weighted by Gasteiger charge is -2.38. The van der Waals surface area contributed by atoms with Gasteiger partial charge in [-0.3, -0.25) is 9.80 Å². The van der Waals surface area contributed by atoms with Crippen molar-refractivity contribution in [3.05, 3.63) is 54.1 Å². The van der Waals surface area contributed by atoms with Crippen LogP contribution in [0.3, 0.4) is 0 Å². The van der Waals surface area contributed by atoms with Gasteiger partial charge >= 0.3 is 0 Å². The minimum Gasteiger partial charge on any atom is -0.297 e. The second-order valence-corrected chi connectivity index (χ2v) is 6.37. The van der Waals surface area contributed by atoms with Crippen LogP contribution in [-0.4, -0.2) is 62.7 Å². The molecule has 25 heavy (non-hydrogen) atoms. The van der Waals surface area contributed by atoms with E-state index in [1.54, 1.807) is 12.1 Å². The van der Waals surface area contributed by atoms with Gasteiger partial charge in [-0.05, 0) is 34.5 Å². The van der Waals surface area contributed by atoms with Crippen LogP contribution in [0.25, 0.3) is 0 Å². The third-order valence-electron chi connectivity index (χ3n) is 4.72. The van der Waals surface area contributed by atoms with Crippen LogP contribution in [0.4, 0.5) is 4.39 Å². The summed E-state index contributed by atoms with van der Waals surface area (Å²) in [5.41, 5.74) is 0.987. The maximum atomic E-state index is 13.1. The Morgan fingerprint density at radius 2 is 1.92 bits per heavy atom. The standard InChI is InChI=1S/C18H25FN6/c1-3-9-23-10-12-24(13-11-23)17(4-2)18-20-21-22-25(18)14-15-5-7-16(19)8-6-15/h3,5-8,17H,1,4,9-14H2,2H3. The minimum absolute atomic E-state index is 0.196. The van der Waals surface area contributed by atoms with Crippen molar-refractivity contribution in [2.24, 2.45) is 0 Å². The van der Waals surface area contributed by atoms with Crippen LogP contribution >= 0.6 is 0 Å². The summed E-state index contributed by atoms with van der Waals surface area (Å²) >= 11 is 0. The van der Waals surface area contributed by atoms with Crippen LogP contribution in [0.1, 0.15) is 30.8 Å². The lowest BCUT2D eigenvalue weighted by molar-refractivity contribution is 0.0949. The molecular weight excluding hydrogens is 319 g/mol. The molecule has 0 saturated carbocycles. The smallest absolute Gasteiger partial charge is 0.168 e. The molecule has 2 aromatic rings. The van der Waals surface area contributed by atoms with Gasteiger partial charge in [0, 0.05) is 32.7 Å². The highest BCUT2D eigenvalue weighted by Gasteiger charge is 2.27. The molecule has 0 aliphatic carbocycles. The van der Waals surface area contributed by atoms with Crippen LogP contribution in [0.15, 0.2) is 36.9 Å². The van der Waals surface area contributed by atoms with Gasteiger partial charge in [-0.15, -0.1) is 11.7 Å². The first-order valence-electron chi connectivity index (χ1n) is 8.79. The van der Waals surface area contributed by atoms with Gasteiger partial charge in [0.2, 0.25) is 0 Å². The monoisotopic (exact) mass is 344 g/mol. The maximum absolute atomic E-state index is 13.1. The van der Waals surface area contributed by atoms with Crippen LogP contribution in [0.5, 0.6) is 0 Å². The van der Waals surface area contributed by atoms with Gasteiger partial charge in [0.15, 0.2) is 5.82 Å². The maximum Gasteiger partial charge on any atom is 0.168 e. The van der Waals surface area contributed by atoms with Crippen molar-refractivity contribution in [1.82, 2.24) is 30.0 Å². The lowest BCUT2D eigenvalue weighted by Crippen LogP contribution is -2.47. The van der Waals surface area contributed by atoms with E-state index in [1.807, 2.05) is 10.8 Å². The molecule has 1 aliphatic heterocycles. The molecule has 0 bridgehead atoms. The van der Waals surface area contributed by atoms with Gasteiger partial charge in [0.05, 0.1) is 12.6 Å². The van der Waals surface area contributed by atoms with Crippen molar-refractivity contribution in [1.29, 1.82) is 0 Å². The summed E-state index contributed by atoms with van der Waals surface area (Å²) in [6, 6.07) is 6.68. The highest BCUT2D eigenvalue weighted by atomic mass is 19.1. The first kappa shape index (κ1) is 17.7. The zero-order valence-electron chi connectivity index (χ0n) is 14.7. The van der Waals surface area contributed by atoms with E-state index >= 15 is 0 Å². The zero-order chi connectivity index (χ0) is 17.6. The normalized spacial score (nSPS) is 17.5. The van der Waals surface area contributed by atoms with Crippen LogP contribution in [0, 0.1) is 5.82 Å². The molecule has 1 atom stereocenters. The van der Waals surface area contributed by atoms with Gasteiger partial charge in [-0.2, -0.15) is 0 Å². The highest BCUT2D eigenvalue weighted by Crippen LogP contribution is 2.23.